The standard InChI is InChI=1S/C17H22N2O/c1-17(2)10-14-16(15(20)11-17)13(18-19-14)9-8-12-6-4-3-5-7-12/h3-7,14,16,19H,8-11H2,1-2H3/t14-,16+/m0/s1. The summed E-state index contributed by atoms with van der Waals surface area (Å²) in [6, 6.07) is 10.6. The number of carbonyl (C=O) groups is 1. The second-order valence-corrected chi connectivity index (χ2v) is 6.81. The van der Waals surface area contributed by atoms with Gasteiger partial charge in [0.25, 0.3) is 0 Å². The zero-order valence-corrected chi connectivity index (χ0v) is 12.2. The second kappa shape index (κ2) is 5.04. The first kappa shape index (κ1) is 13.3. The van der Waals surface area contributed by atoms with Crippen LogP contribution in [0.5, 0.6) is 0 Å². The van der Waals surface area contributed by atoms with Gasteiger partial charge >= 0.3 is 0 Å². The fourth-order valence-corrected chi connectivity index (χ4v) is 3.49. The minimum absolute atomic E-state index is 0.0201. The van der Waals surface area contributed by atoms with Crippen molar-refractivity contribution in [2.45, 2.75) is 45.6 Å². The number of aryl methyl sites for hydroxylation is 1. The lowest BCUT2D eigenvalue weighted by Crippen LogP contribution is -2.45. The van der Waals surface area contributed by atoms with Crippen molar-refractivity contribution in [3.8, 4) is 0 Å². The molecule has 20 heavy (non-hydrogen) atoms. The number of fused-ring (bicyclic) bond motifs is 1. The molecular formula is C17H22N2O. The lowest BCUT2D eigenvalue weighted by Gasteiger charge is -2.36. The Bertz CT molecular complexity index is 533. The van der Waals surface area contributed by atoms with Gasteiger partial charge in [-0.05, 0) is 30.2 Å². The first-order chi connectivity index (χ1) is 9.55. The van der Waals surface area contributed by atoms with Gasteiger partial charge in [0.15, 0.2) is 0 Å². The van der Waals surface area contributed by atoms with Crippen molar-refractivity contribution >= 4 is 11.5 Å². The van der Waals surface area contributed by atoms with E-state index in [0.717, 1.165) is 25.0 Å². The summed E-state index contributed by atoms with van der Waals surface area (Å²) in [5.41, 5.74) is 5.67. The summed E-state index contributed by atoms with van der Waals surface area (Å²) in [4.78, 5) is 12.4. The summed E-state index contributed by atoms with van der Waals surface area (Å²) in [6.07, 6.45) is 3.55. The molecule has 0 saturated heterocycles. The van der Waals surface area contributed by atoms with Crippen molar-refractivity contribution in [2.24, 2.45) is 16.4 Å². The molecule has 0 unspecified atom stereocenters. The van der Waals surface area contributed by atoms with E-state index >= 15 is 0 Å². The summed E-state index contributed by atoms with van der Waals surface area (Å²) in [7, 11) is 0. The minimum atomic E-state index is 0.0201. The lowest BCUT2D eigenvalue weighted by molar-refractivity contribution is -0.126. The van der Waals surface area contributed by atoms with Crippen LogP contribution >= 0.6 is 0 Å². The molecule has 0 spiro atoms. The summed E-state index contributed by atoms with van der Waals surface area (Å²) in [6.45, 7) is 4.34. The predicted molar refractivity (Wildman–Crippen MR) is 80.6 cm³/mol. The van der Waals surface area contributed by atoms with E-state index in [2.05, 4.69) is 48.6 Å². The van der Waals surface area contributed by atoms with Crippen LogP contribution in [0.3, 0.4) is 0 Å². The van der Waals surface area contributed by atoms with Crippen LogP contribution in [0, 0.1) is 11.3 Å². The molecule has 3 heteroatoms. The average molecular weight is 270 g/mol. The largest absolute Gasteiger partial charge is 0.306 e. The third kappa shape index (κ3) is 2.62. The Morgan fingerprint density at radius 1 is 1.25 bits per heavy atom. The van der Waals surface area contributed by atoms with E-state index in [0.29, 0.717) is 12.2 Å². The number of benzene rings is 1. The molecule has 0 aromatic heterocycles. The van der Waals surface area contributed by atoms with E-state index in [1.807, 2.05) is 6.07 Å². The van der Waals surface area contributed by atoms with E-state index in [1.54, 1.807) is 0 Å². The van der Waals surface area contributed by atoms with E-state index < -0.39 is 0 Å². The molecule has 1 aliphatic heterocycles. The fraction of sp³-hybridized carbons (Fsp3) is 0.529. The lowest BCUT2D eigenvalue weighted by atomic mass is 9.68. The molecule has 1 heterocycles. The van der Waals surface area contributed by atoms with Gasteiger partial charge in [-0.2, -0.15) is 5.10 Å². The Balaban J connectivity index is 1.66. The SMILES string of the molecule is CC1(C)CC(=O)[C@@H]2C(CCc3ccccc3)=NN[C@H]2C1. The molecule has 2 aliphatic rings. The van der Waals surface area contributed by atoms with Crippen LogP contribution in [0.1, 0.15) is 38.7 Å². The van der Waals surface area contributed by atoms with Crippen LogP contribution in [0.25, 0.3) is 0 Å². The number of rotatable bonds is 3. The molecular weight excluding hydrogens is 248 g/mol. The Hall–Kier alpha value is -1.64. The normalized spacial score (nSPS) is 27.7. The molecule has 1 fully saturated rings. The Kier molecular flexibility index (Phi) is 3.36. The number of hydrogen-bond donors (Lipinski definition) is 1. The summed E-state index contributed by atoms with van der Waals surface area (Å²) < 4.78 is 0. The number of nitrogens with one attached hydrogen (secondary N) is 1. The molecule has 3 nitrogen and oxygen atoms in total. The maximum atomic E-state index is 12.4. The second-order valence-electron chi connectivity index (χ2n) is 6.81. The van der Waals surface area contributed by atoms with Crippen LogP contribution in [0.2, 0.25) is 0 Å². The number of nitrogens with zero attached hydrogens (tertiary/aromatic N) is 1. The van der Waals surface area contributed by atoms with Crippen LogP contribution in [-0.4, -0.2) is 17.5 Å². The Labute approximate surface area is 120 Å². The Morgan fingerprint density at radius 2 is 2.00 bits per heavy atom. The highest BCUT2D eigenvalue weighted by Gasteiger charge is 2.45. The molecule has 106 valence electrons. The van der Waals surface area contributed by atoms with Crippen LogP contribution in [0.4, 0.5) is 0 Å². The van der Waals surface area contributed by atoms with Gasteiger partial charge in [0.05, 0.1) is 17.7 Å². The number of ketones is 1. The van der Waals surface area contributed by atoms with Gasteiger partial charge in [0.1, 0.15) is 5.78 Å². The van der Waals surface area contributed by atoms with Crippen LogP contribution in [-0.2, 0) is 11.2 Å². The monoisotopic (exact) mass is 270 g/mol. The molecule has 0 radical (unpaired) electrons. The zero-order chi connectivity index (χ0) is 14.2. The highest BCUT2D eigenvalue weighted by atomic mass is 16.1. The highest BCUT2D eigenvalue weighted by molar-refractivity contribution is 6.07. The summed E-state index contributed by atoms with van der Waals surface area (Å²) >= 11 is 0. The number of carbonyl (C=O) groups excluding carboxylic acids is 1. The molecule has 2 atom stereocenters. The number of Topliss-reactive ketones (excluding diaryl/α,β-unsaturated/α-hetero) is 1. The van der Waals surface area contributed by atoms with Crippen molar-refractivity contribution in [2.75, 3.05) is 0 Å². The van der Waals surface area contributed by atoms with Gasteiger partial charge in [0.2, 0.25) is 0 Å². The maximum Gasteiger partial charge on any atom is 0.144 e. The predicted octanol–water partition coefficient (Wildman–Crippen LogP) is 2.95. The Morgan fingerprint density at radius 3 is 2.75 bits per heavy atom. The molecule has 3 rings (SSSR count). The fourth-order valence-electron chi connectivity index (χ4n) is 3.49. The molecule has 0 amide bonds. The number of hydrazone groups is 1. The third-order valence-electron chi connectivity index (χ3n) is 4.42. The maximum absolute atomic E-state index is 12.4. The summed E-state index contributed by atoms with van der Waals surface area (Å²) in [5.74, 6) is 0.384. The van der Waals surface area contributed by atoms with Gasteiger partial charge in [-0.15, -0.1) is 0 Å². The first-order valence-corrected chi connectivity index (χ1v) is 7.44. The van der Waals surface area contributed by atoms with Crippen LogP contribution < -0.4 is 5.43 Å². The molecule has 1 saturated carbocycles. The van der Waals surface area contributed by atoms with Crippen molar-refractivity contribution < 1.29 is 4.79 Å². The van der Waals surface area contributed by atoms with Gasteiger partial charge < -0.3 is 5.43 Å². The zero-order valence-electron chi connectivity index (χ0n) is 12.2. The van der Waals surface area contributed by atoms with Gasteiger partial charge in [-0.3, -0.25) is 4.79 Å². The minimum Gasteiger partial charge on any atom is -0.306 e. The summed E-state index contributed by atoms with van der Waals surface area (Å²) in [5, 5.41) is 4.46. The average Bonchev–Trinajstić information content (AvgIpc) is 2.79. The van der Waals surface area contributed by atoms with Gasteiger partial charge in [0, 0.05) is 6.42 Å². The van der Waals surface area contributed by atoms with Crippen molar-refractivity contribution in [3.05, 3.63) is 35.9 Å². The first-order valence-electron chi connectivity index (χ1n) is 7.44. The quantitative estimate of drug-likeness (QED) is 0.917. The highest BCUT2D eigenvalue weighted by Crippen LogP contribution is 2.39. The molecule has 1 aliphatic carbocycles. The van der Waals surface area contributed by atoms with Crippen molar-refractivity contribution in [1.29, 1.82) is 0 Å². The van der Waals surface area contributed by atoms with E-state index in [9.17, 15) is 4.79 Å². The van der Waals surface area contributed by atoms with Crippen molar-refractivity contribution in [1.82, 2.24) is 5.43 Å². The van der Waals surface area contributed by atoms with Gasteiger partial charge in [-0.1, -0.05) is 44.2 Å². The van der Waals surface area contributed by atoms with Gasteiger partial charge in [-0.25, -0.2) is 0 Å². The molecule has 1 aromatic carbocycles. The van der Waals surface area contributed by atoms with E-state index in [1.165, 1.54) is 5.56 Å². The molecule has 1 N–H and O–H groups in total. The molecule has 0 bridgehead atoms. The third-order valence-corrected chi connectivity index (χ3v) is 4.42. The molecule has 1 aromatic rings. The smallest absolute Gasteiger partial charge is 0.144 e. The topological polar surface area (TPSA) is 41.5 Å². The van der Waals surface area contributed by atoms with Crippen molar-refractivity contribution in [3.63, 3.8) is 0 Å². The van der Waals surface area contributed by atoms with E-state index in [-0.39, 0.29) is 17.4 Å². The van der Waals surface area contributed by atoms with Crippen LogP contribution in [0.15, 0.2) is 35.4 Å². The number of hydrogen-bond acceptors (Lipinski definition) is 3. The van der Waals surface area contributed by atoms with E-state index in [4.69, 9.17) is 0 Å².